The third kappa shape index (κ3) is 6.26. The Balaban J connectivity index is 1.01. The van der Waals surface area contributed by atoms with Crippen molar-refractivity contribution in [2.45, 2.75) is 0 Å². The highest BCUT2D eigenvalue weighted by molar-refractivity contribution is 6.09. The van der Waals surface area contributed by atoms with Crippen LogP contribution in [0, 0.1) is 0 Å². The number of benzene rings is 9. The van der Waals surface area contributed by atoms with E-state index in [0.29, 0.717) is 5.82 Å². The van der Waals surface area contributed by atoms with Crippen LogP contribution in [-0.2, 0) is 0 Å². The Morgan fingerprint density at radius 2 is 0.729 bits per heavy atom. The van der Waals surface area contributed by atoms with E-state index in [-0.39, 0.29) is 0 Å². The summed E-state index contributed by atoms with van der Waals surface area (Å²) in [5.41, 5.74) is 15.4. The molecule has 0 aliphatic heterocycles. The van der Waals surface area contributed by atoms with Gasteiger partial charge in [0.2, 0.25) is 0 Å². The normalized spacial score (nSPS) is 11.4. The zero-order chi connectivity index (χ0) is 39.1. The van der Waals surface area contributed by atoms with Gasteiger partial charge in [-0.05, 0) is 86.6 Å². The molecule has 0 fully saturated rings. The highest BCUT2D eigenvalue weighted by Gasteiger charge is 2.17. The molecule has 0 aliphatic carbocycles. The average Bonchev–Trinajstić information content (AvgIpc) is 3.66. The van der Waals surface area contributed by atoms with Crippen molar-refractivity contribution in [2.24, 2.45) is 0 Å². The highest BCUT2D eigenvalue weighted by atomic mass is 15.0. The molecular formula is C56H37N3. The lowest BCUT2D eigenvalue weighted by atomic mass is 9.93. The lowest BCUT2D eigenvalue weighted by molar-refractivity contribution is 1.18. The summed E-state index contributed by atoms with van der Waals surface area (Å²) in [6.45, 7) is 0. The van der Waals surface area contributed by atoms with Gasteiger partial charge in [0.1, 0.15) is 0 Å². The van der Waals surface area contributed by atoms with E-state index in [1.165, 1.54) is 49.4 Å². The zero-order valence-corrected chi connectivity index (χ0v) is 32.2. The van der Waals surface area contributed by atoms with Crippen LogP contribution in [0.2, 0.25) is 0 Å². The molecule has 0 N–H and O–H groups in total. The van der Waals surface area contributed by atoms with Gasteiger partial charge in [0.15, 0.2) is 5.82 Å². The second kappa shape index (κ2) is 14.6. The van der Waals surface area contributed by atoms with Crippen LogP contribution in [0.3, 0.4) is 0 Å². The monoisotopic (exact) mass is 751 g/mol. The van der Waals surface area contributed by atoms with Crippen molar-refractivity contribution in [1.82, 2.24) is 14.5 Å². The summed E-state index contributed by atoms with van der Waals surface area (Å²) in [5, 5.41) is 4.85. The second-order valence-corrected chi connectivity index (χ2v) is 15.0. The summed E-state index contributed by atoms with van der Waals surface area (Å²) in [6, 6.07) is 79.9. The minimum atomic E-state index is 0.698. The number of rotatable bonds is 7. The maximum atomic E-state index is 5.25. The molecule has 2 aromatic heterocycles. The van der Waals surface area contributed by atoms with Gasteiger partial charge in [0.25, 0.3) is 0 Å². The quantitative estimate of drug-likeness (QED) is 0.162. The molecular weight excluding hydrogens is 715 g/mol. The zero-order valence-electron chi connectivity index (χ0n) is 32.2. The molecule has 0 aliphatic rings. The predicted molar refractivity (Wildman–Crippen MR) is 246 cm³/mol. The molecule has 11 aromatic rings. The molecule has 0 atom stereocenters. The minimum absolute atomic E-state index is 0.698. The van der Waals surface area contributed by atoms with E-state index in [1.54, 1.807) is 0 Å². The van der Waals surface area contributed by atoms with Crippen LogP contribution in [0.4, 0.5) is 0 Å². The van der Waals surface area contributed by atoms with Crippen LogP contribution in [-0.4, -0.2) is 14.5 Å². The molecule has 2 heterocycles. The van der Waals surface area contributed by atoms with E-state index in [4.69, 9.17) is 9.97 Å². The largest absolute Gasteiger partial charge is 0.309 e. The van der Waals surface area contributed by atoms with Crippen molar-refractivity contribution >= 4 is 32.6 Å². The summed E-state index contributed by atoms with van der Waals surface area (Å²) in [6.07, 6.45) is 0. The van der Waals surface area contributed by atoms with Crippen molar-refractivity contribution in [3.8, 4) is 73.0 Å². The van der Waals surface area contributed by atoms with Crippen LogP contribution in [0.5, 0.6) is 0 Å². The first-order valence-electron chi connectivity index (χ1n) is 20.1. The number of aromatic nitrogens is 3. The van der Waals surface area contributed by atoms with Crippen LogP contribution in [0.25, 0.3) is 106 Å². The lowest BCUT2D eigenvalue weighted by Gasteiger charge is -2.15. The van der Waals surface area contributed by atoms with Crippen molar-refractivity contribution in [3.63, 3.8) is 0 Å². The Kier molecular flexibility index (Phi) is 8.49. The van der Waals surface area contributed by atoms with Gasteiger partial charge in [0, 0.05) is 33.2 Å². The fraction of sp³-hybridized carbons (Fsp3) is 0. The Hall–Kier alpha value is -7.88. The molecule has 11 rings (SSSR count). The maximum Gasteiger partial charge on any atom is 0.160 e. The molecule has 0 radical (unpaired) electrons. The summed E-state index contributed by atoms with van der Waals surface area (Å²) in [4.78, 5) is 10.5. The van der Waals surface area contributed by atoms with Gasteiger partial charge in [-0.2, -0.15) is 0 Å². The third-order valence-corrected chi connectivity index (χ3v) is 11.4. The Morgan fingerprint density at radius 1 is 0.271 bits per heavy atom. The summed E-state index contributed by atoms with van der Waals surface area (Å²) in [7, 11) is 0. The first-order valence-corrected chi connectivity index (χ1v) is 20.1. The number of hydrogen-bond acceptors (Lipinski definition) is 2. The predicted octanol–water partition coefficient (Wildman–Crippen LogP) is 14.7. The molecule has 0 unspecified atom stereocenters. The molecule has 0 bridgehead atoms. The maximum absolute atomic E-state index is 5.25. The van der Waals surface area contributed by atoms with E-state index in [1.807, 2.05) is 18.2 Å². The molecule has 0 amide bonds. The van der Waals surface area contributed by atoms with Crippen LogP contribution < -0.4 is 0 Å². The van der Waals surface area contributed by atoms with Crippen LogP contribution in [0.15, 0.2) is 224 Å². The van der Waals surface area contributed by atoms with Gasteiger partial charge in [-0.1, -0.05) is 182 Å². The Morgan fingerprint density at radius 3 is 1.37 bits per heavy atom. The van der Waals surface area contributed by atoms with Crippen molar-refractivity contribution in [3.05, 3.63) is 224 Å². The average molecular weight is 752 g/mol. The fourth-order valence-corrected chi connectivity index (χ4v) is 8.58. The summed E-state index contributed by atoms with van der Waals surface area (Å²) >= 11 is 0. The van der Waals surface area contributed by atoms with Gasteiger partial charge >= 0.3 is 0 Å². The van der Waals surface area contributed by atoms with Gasteiger partial charge in [-0.25, -0.2) is 9.97 Å². The van der Waals surface area contributed by atoms with Crippen molar-refractivity contribution < 1.29 is 0 Å². The summed E-state index contributed by atoms with van der Waals surface area (Å²) < 4.78 is 2.37. The SMILES string of the molecule is c1ccc(-c2cccc(-c3cccc(-c4cc(-c5ccc(-c6ccc(-n7c8ccccc8c8ccccc87)cc6)c6ccccc56)nc(-c5ccccc5)n4)c3)c2)cc1. The minimum Gasteiger partial charge on any atom is -0.309 e. The van der Waals surface area contributed by atoms with Gasteiger partial charge in [-0.3, -0.25) is 0 Å². The molecule has 59 heavy (non-hydrogen) atoms. The molecule has 9 aromatic carbocycles. The number of hydrogen-bond donors (Lipinski definition) is 0. The topological polar surface area (TPSA) is 30.7 Å². The van der Waals surface area contributed by atoms with Crippen LogP contribution in [0.1, 0.15) is 0 Å². The number of fused-ring (bicyclic) bond motifs is 4. The molecule has 0 saturated heterocycles. The van der Waals surface area contributed by atoms with E-state index in [2.05, 4.69) is 211 Å². The van der Waals surface area contributed by atoms with E-state index < -0.39 is 0 Å². The van der Waals surface area contributed by atoms with E-state index in [9.17, 15) is 0 Å². The van der Waals surface area contributed by atoms with E-state index >= 15 is 0 Å². The Labute approximate surface area is 343 Å². The molecule has 0 saturated carbocycles. The highest BCUT2D eigenvalue weighted by Crippen LogP contribution is 2.39. The van der Waals surface area contributed by atoms with Gasteiger partial charge < -0.3 is 4.57 Å². The fourth-order valence-electron chi connectivity index (χ4n) is 8.58. The van der Waals surface area contributed by atoms with Crippen molar-refractivity contribution in [1.29, 1.82) is 0 Å². The first-order chi connectivity index (χ1) is 29.2. The molecule has 3 nitrogen and oxygen atoms in total. The lowest BCUT2D eigenvalue weighted by Crippen LogP contribution is -1.97. The number of nitrogens with zero attached hydrogens (tertiary/aromatic N) is 3. The van der Waals surface area contributed by atoms with Crippen molar-refractivity contribution in [2.75, 3.05) is 0 Å². The molecule has 0 spiro atoms. The van der Waals surface area contributed by atoms with E-state index in [0.717, 1.165) is 50.3 Å². The smallest absolute Gasteiger partial charge is 0.160 e. The third-order valence-electron chi connectivity index (χ3n) is 11.4. The van der Waals surface area contributed by atoms with Gasteiger partial charge in [-0.15, -0.1) is 0 Å². The second-order valence-electron chi connectivity index (χ2n) is 15.0. The standard InChI is InChI=1S/C56H37N3/c1-3-15-38(16-4-1)41-19-13-20-42(35-41)43-21-14-22-44(36-43)52-37-53(58-56(57-52)40-17-5-2-6-18-40)49-34-33-46(47-23-7-8-24-48(47)49)39-29-31-45(32-30-39)59-54-27-11-9-25-50(54)51-26-10-12-28-55(51)59/h1-37H. The molecule has 3 heteroatoms. The summed E-state index contributed by atoms with van der Waals surface area (Å²) in [5.74, 6) is 0.698. The van der Waals surface area contributed by atoms with Crippen LogP contribution >= 0.6 is 0 Å². The first kappa shape index (κ1) is 34.4. The number of para-hydroxylation sites is 2. The molecule has 276 valence electrons. The van der Waals surface area contributed by atoms with Gasteiger partial charge in [0.05, 0.1) is 22.4 Å². The Bertz CT molecular complexity index is 3260.